The molecule has 0 radical (unpaired) electrons. The highest BCUT2D eigenvalue weighted by Crippen LogP contribution is 2.17. The van der Waals surface area contributed by atoms with Crippen LogP contribution in [0.5, 0.6) is 0 Å². The van der Waals surface area contributed by atoms with Crippen molar-refractivity contribution in [2.75, 3.05) is 26.7 Å². The minimum atomic E-state index is 0.452. The fourth-order valence-electron chi connectivity index (χ4n) is 0.765. The summed E-state index contributed by atoms with van der Waals surface area (Å²) in [4.78, 5) is 0. The van der Waals surface area contributed by atoms with Crippen molar-refractivity contribution in [2.45, 2.75) is 27.2 Å². The van der Waals surface area contributed by atoms with Crippen LogP contribution < -0.4 is 10.6 Å². The van der Waals surface area contributed by atoms with Gasteiger partial charge in [0.25, 0.3) is 0 Å². The predicted molar refractivity (Wildman–Crippen MR) is 50.9 cm³/mol. The average molecular weight is 158 g/mol. The van der Waals surface area contributed by atoms with Crippen molar-refractivity contribution in [3.05, 3.63) is 0 Å². The Morgan fingerprint density at radius 3 is 2.27 bits per heavy atom. The monoisotopic (exact) mass is 158 g/mol. The molecule has 11 heavy (non-hydrogen) atoms. The van der Waals surface area contributed by atoms with Gasteiger partial charge < -0.3 is 10.6 Å². The van der Waals surface area contributed by atoms with Crippen LogP contribution in [-0.2, 0) is 0 Å². The van der Waals surface area contributed by atoms with Gasteiger partial charge in [0.15, 0.2) is 0 Å². The number of likely N-dealkylation sites (N-methyl/N-ethyl adjacent to an activating group) is 1. The molecule has 0 aromatic carbocycles. The van der Waals surface area contributed by atoms with Crippen LogP contribution in [-0.4, -0.2) is 26.7 Å². The van der Waals surface area contributed by atoms with Crippen LogP contribution in [0.3, 0.4) is 0 Å². The van der Waals surface area contributed by atoms with Crippen LogP contribution in [0.4, 0.5) is 0 Å². The second-order valence-electron chi connectivity index (χ2n) is 3.80. The summed E-state index contributed by atoms with van der Waals surface area (Å²) in [6, 6.07) is 0. The molecule has 0 atom stereocenters. The van der Waals surface area contributed by atoms with Gasteiger partial charge in [-0.15, -0.1) is 0 Å². The van der Waals surface area contributed by atoms with Gasteiger partial charge in [-0.1, -0.05) is 20.8 Å². The van der Waals surface area contributed by atoms with Gasteiger partial charge in [-0.2, -0.15) is 0 Å². The van der Waals surface area contributed by atoms with E-state index in [0.717, 1.165) is 19.6 Å². The number of hydrogen-bond donors (Lipinski definition) is 2. The Balaban J connectivity index is 3.23. The van der Waals surface area contributed by atoms with E-state index in [0.29, 0.717) is 5.41 Å². The second kappa shape index (κ2) is 5.56. The van der Waals surface area contributed by atoms with Crippen LogP contribution in [0.2, 0.25) is 0 Å². The summed E-state index contributed by atoms with van der Waals surface area (Å²) in [5.41, 5.74) is 0.452. The second-order valence-corrected chi connectivity index (χ2v) is 3.80. The van der Waals surface area contributed by atoms with E-state index >= 15 is 0 Å². The molecule has 0 aromatic rings. The summed E-state index contributed by atoms with van der Waals surface area (Å²) in [5, 5.41) is 6.52. The van der Waals surface area contributed by atoms with Gasteiger partial charge in [0.05, 0.1) is 0 Å². The topological polar surface area (TPSA) is 24.1 Å². The third kappa shape index (κ3) is 6.32. The normalized spacial score (nSPS) is 12.0. The SMILES string of the molecule is CCC(C)(C)CNCCNC. The highest BCUT2D eigenvalue weighted by molar-refractivity contribution is 4.69. The number of hydrogen-bond acceptors (Lipinski definition) is 2. The first-order valence-electron chi connectivity index (χ1n) is 4.47. The maximum Gasteiger partial charge on any atom is 0.00768 e. The summed E-state index contributed by atoms with van der Waals surface area (Å²) in [6.45, 7) is 10.1. The molecule has 0 fully saturated rings. The molecule has 0 aromatic heterocycles. The lowest BCUT2D eigenvalue weighted by molar-refractivity contribution is 0.329. The molecule has 2 nitrogen and oxygen atoms in total. The number of nitrogens with one attached hydrogen (secondary N) is 2. The predicted octanol–water partition coefficient (Wildman–Crippen LogP) is 1.23. The Kier molecular flexibility index (Phi) is 5.51. The highest BCUT2D eigenvalue weighted by Gasteiger charge is 2.13. The van der Waals surface area contributed by atoms with E-state index in [1.54, 1.807) is 0 Å². The van der Waals surface area contributed by atoms with Gasteiger partial charge in [0.1, 0.15) is 0 Å². The van der Waals surface area contributed by atoms with Gasteiger partial charge in [-0.05, 0) is 18.9 Å². The lowest BCUT2D eigenvalue weighted by atomic mass is 9.90. The van der Waals surface area contributed by atoms with E-state index in [4.69, 9.17) is 0 Å². The average Bonchev–Trinajstić information content (AvgIpc) is 1.99. The molecule has 0 saturated heterocycles. The van der Waals surface area contributed by atoms with Crippen molar-refractivity contribution < 1.29 is 0 Å². The first kappa shape index (κ1) is 10.9. The molecule has 0 saturated carbocycles. The number of rotatable bonds is 6. The van der Waals surface area contributed by atoms with Gasteiger partial charge in [0, 0.05) is 19.6 Å². The smallest absolute Gasteiger partial charge is 0.00768 e. The zero-order chi connectivity index (χ0) is 8.74. The van der Waals surface area contributed by atoms with E-state index in [2.05, 4.69) is 31.4 Å². The van der Waals surface area contributed by atoms with Crippen molar-refractivity contribution in [3.63, 3.8) is 0 Å². The molecule has 0 aliphatic rings. The summed E-state index contributed by atoms with van der Waals surface area (Å²) >= 11 is 0. The first-order valence-corrected chi connectivity index (χ1v) is 4.47. The van der Waals surface area contributed by atoms with Crippen molar-refractivity contribution in [2.24, 2.45) is 5.41 Å². The van der Waals surface area contributed by atoms with E-state index in [9.17, 15) is 0 Å². The van der Waals surface area contributed by atoms with E-state index in [-0.39, 0.29) is 0 Å². The lowest BCUT2D eigenvalue weighted by Gasteiger charge is -2.22. The van der Waals surface area contributed by atoms with E-state index < -0.39 is 0 Å². The molecule has 0 heterocycles. The Labute approximate surface area is 70.8 Å². The summed E-state index contributed by atoms with van der Waals surface area (Å²) in [7, 11) is 1.98. The summed E-state index contributed by atoms with van der Waals surface area (Å²) < 4.78 is 0. The van der Waals surface area contributed by atoms with Crippen LogP contribution in [0.25, 0.3) is 0 Å². The molecule has 0 aliphatic carbocycles. The quantitative estimate of drug-likeness (QED) is 0.568. The molecular weight excluding hydrogens is 136 g/mol. The summed E-state index contributed by atoms with van der Waals surface area (Å²) in [6.07, 6.45) is 1.24. The minimum absolute atomic E-state index is 0.452. The molecule has 0 aliphatic heterocycles. The Hall–Kier alpha value is -0.0800. The van der Waals surface area contributed by atoms with Gasteiger partial charge in [-0.3, -0.25) is 0 Å². The Bertz CT molecular complexity index is 89.6. The van der Waals surface area contributed by atoms with Gasteiger partial charge in [0.2, 0.25) is 0 Å². The molecule has 68 valence electrons. The fourth-order valence-corrected chi connectivity index (χ4v) is 0.765. The molecule has 2 N–H and O–H groups in total. The summed E-state index contributed by atoms with van der Waals surface area (Å²) in [5.74, 6) is 0. The van der Waals surface area contributed by atoms with E-state index in [1.165, 1.54) is 6.42 Å². The molecular formula is C9H22N2. The highest BCUT2D eigenvalue weighted by atomic mass is 14.9. The largest absolute Gasteiger partial charge is 0.318 e. The molecule has 0 rings (SSSR count). The fraction of sp³-hybridized carbons (Fsp3) is 1.00. The Morgan fingerprint density at radius 1 is 1.18 bits per heavy atom. The van der Waals surface area contributed by atoms with E-state index in [1.807, 2.05) is 7.05 Å². The Morgan fingerprint density at radius 2 is 1.82 bits per heavy atom. The maximum atomic E-state index is 3.42. The molecule has 0 amide bonds. The van der Waals surface area contributed by atoms with Crippen molar-refractivity contribution in [3.8, 4) is 0 Å². The zero-order valence-electron chi connectivity index (χ0n) is 8.33. The standard InChI is InChI=1S/C9H22N2/c1-5-9(2,3)8-11-7-6-10-4/h10-11H,5-8H2,1-4H3. The zero-order valence-corrected chi connectivity index (χ0v) is 8.33. The maximum absolute atomic E-state index is 3.42. The molecule has 0 unspecified atom stereocenters. The minimum Gasteiger partial charge on any atom is -0.318 e. The third-order valence-corrected chi connectivity index (χ3v) is 2.11. The lowest BCUT2D eigenvalue weighted by Crippen LogP contribution is -2.33. The van der Waals surface area contributed by atoms with Crippen molar-refractivity contribution in [1.29, 1.82) is 0 Å². The third-order valence-electron chi connectivity index (χ3n) is 2.11. The van der Waals surface area contributed by atoms with Crippen LogP contribution in [0.1, 0.15) is 27.2 Å². The van der Waals surface area contributed by atoms with Gasteiger partial charge >= 0.3 is 0 Å². The molecule has 2 heteroatoms. The van der Waals surface area contributed by atoms with Crippen molar-refractivity contribution >= 4 is 0 Å². The van der Waals surface area contributed by atoms with Crippen molar-refractivity contribution in [1.82, 2.24) is 10.6 Å². The van der Waals surface area contributed by atoms with Crippen LogP contribution in [0.15, 0.2) is 0 Å². The van der Waals surface area contributed by atoms with Gasteiger partial charge in [-0.25, -0.2) is 0 Å². The molecule has 0 spiro atoms. The first-order chi connectivity index (χ1) is 5.12. The van der Waals surface area contributed by atoms with Crippen LogP contribution in [0, 0.1) is 5.41 Å². The van der Waals surface area contributed by atoms with Crippen LogP contribution >= 0.6 is 0 Å². The molecule has 0 bridgehead atoms.